The quantitative estimate of drug-likeness (QED) is 0.791. The van der Waals surface area contributed by atoms with Gasteiger partial charge in [-0.05, 0) is 73.0 Å². The second-order valence-electron chi connectivity index (χ2n) is 8.31. The van der Waals surface area contributed by atoms with Crippen molar-refractivity contribution in [1.29, 1.82) is 0 Å². The number of nitrogens with one attached hydrogen (secondary N) is 1. The molecule has 142 valence electrons. The van der Waals surface area contributed by atoms with Crippen molar-refractivity contribution in [3.05, 3.63) is 12.7 Å². The number of ether oxygens (including phenoxy) is 1. The third-order valence-corrected chi connectivity index (χ3v) is 5.06. The highest BCUT2D eigenvalue weighted by atomic mass is 16.6. The van der Waals surface area contributed by atoms with Crippen LogP contribution >= 0.6 is 0 Å². The van der Waals surface area contributed by atoms with Crippen molar-refractivity contribution in [2.45, 2.75) is 70.1 Å². The zero-order chi connectivity index (χ0) is 18.7. The first-order chi connectivity index (χ1) is 11.7. The molecule has 2 saturated heterocycles. The van der Waals surface area contributed by atoms with Gasteiger partial charge in [0.15, 0.2) is 0 Å². The fraction of sp³-hybridized carbons (Fsp3) is 0.789. The number of likely N-dealkylation sites (tertiary alicyclic amines) is 2. The summed E-state index contributed by atoms with van der Waals surface area (Å²) in [5, 5.41) is 3.19. The predicted octanol–water partition coefficient (Wildman–Crippen LogP) is 2.54. The minimum atomic E-state index is -0.868. The molecular formula is C19H33N3O3. The maximum absolute atomic E-state index is 13.2. The zero-order valence-corrected chi connectivity index (χ0v) is 16.1. The van der Waals surface area contributed by atoms with E-state index < -0.39 is 17.2 Å². The summed E-state index contributed by atoms with van der Waals surface area (Å²) in [6, 6.07) is 0.173. The van der Waals surface area contributed by atoms with E-state index in [4.69, 9.17) is 4.74 Å². The first-order valence-corrected chi connectivity index (χ1v) is 9.29. The van der Waals surface area contributed by atoms with Gasteiger partial charge in [0.25, 0.3) is 0 Å². The number of hydrogen-bond acceptors (Lipinski definition) is 4. The summed E-state index contributed by atoms with van der Waals surface area (Å²) in [5.41, 5.74) is -1.45. The molecular weight excluding hydrogens is 318 g/mol. The van der Waals surface area contributed by atoms with Gasteiger partial charge in [-0.2, -0.15) is 0 Å². The van der Waals surface area contributed by atoms with Crippen molar-refractivity contribution < 1.29 is 14.3 Å². The summed E-state index contributed by atoms with van der Waals surface area (Å²) < 4.78 is 5.54. The second-order valence-corrected chi connectivity index (χ2v) is 8.31. The van der Waals surface area contributed by atoms with Crippen molar-refractivity contribution in [2.24, 2.45) is 0 Å². The van der Waals surface area contributed by atoms with Crippen LogP contribution in [0.3, 0.4) is 0 Å². The lowest BCUT2D eigenvalue weighted by atomic mass is 9.90. The van der Waals surface area contributed by atoms with Crippen LogP contribution in [-0.4, -0.2) is 65.7 Å². The fourth-order valence-electron chi connectivity index (χ4n) is 3.71. The standard InChI is InChI=1S/C19H33N3O3/c1-6-10-19(16(23)20-15-8-13-21(5)14-9-15)11-7-12-22(19)17(24)25-18(2,3)4/h6,15H,1,7-14H2,2-5H3,(H,20,23)/t19-/m0/s1. The van der Waals surface area contributed by atoms with Gasteiger partial charge in [0.2, 0.25) is 5.91 Å². The normalized spacial score (nSPS) is 25.7. The molecule has 0 saturated carbocycles. The summed E-state index contributed by atoms with van der Waals surface area (Å²) in [4.78, 5) is 29.7. The number of carbonyl (C=O) groups is 2. The van der Waals surface area contributed by atoms with Crippen LogP contribution in [0.25, 0.3) is 0 Å². The molecule has 2 heterocycles. The van der Waals surface area contributed by atoms with Crippen molar-refractivity contribution in [3.8, 4) is 0 Å². The van der Waals surface area contributed by atoms with Crippen LogP contribution in [0.1, 0.15) is 52.9 Å². The molecule has 0 spiro atoms. The minimum Gasteiger partial charge on any atom is -0.444 e. The first kappa shape index (κ1) is 19.8. The van der Waals surface area contributed by atoms with E-state index in [9.17, 15) is 9.59 Å². The number of rotatable bonds is 4. The average molecular weight is 351 g/mol. The lowest BCUT2D eigenvalue weighted by molar-refractivity contribution is -0.132. The molecule has 25 heavy (non-hydrogen) atoms. The van der Waals surface area contributed by atoms with Crippen molar-refractivity contribution in [3.63, 3.8) is 0 Å². The van der Waals surface area contributed by atoms with E-state index in [2.05, 4.69) is 23.8 Å². The molecule has 0 bridgehead atoms. The molecule has 2 rings (SSSR count). The highest BCUT2D eigenvalue weighted by molar-refractivity contribution is 5.91. The molecule has 1 atom stereocenters. The van der Waals surface area contributed by atoms with Gasteiger partial charge in [-0.1, -0.05) is 6.08 Å². The Morgan fingerprint density at radius 1 is 1.28 bits per heavy atom. The van der Waals surface area contributed by atoms with Gasteiger partial charge in [0.1, 0.15) is 11.1 Å². The molecule has 0 aliphatic carbocycles. The van der Waals surface area contributed by atoms with Crippen LogP contribution in [0, 0.1) is 0 Å². The van der Waals surface area contributed by atoms with Crippen LogP contribution in [0.2, 0.25) is 0 Å². The summed E-state index contributed by atoms with van der Waals surface area (Å²) in [7, 11) is 2.10. The van der Waals surface area contributed by atoms with Gasteiger partial charge >= 0.3 is 6.09 Å². The van der Waals surface area contributed by atoms with E-state index in [1.807, 2.05) is 20.8 Å². The molecule has 0 unspecified atom stereocenters. The number of carbonyl (C=O) groups excluding carboxylic acids is 2. The van der Waals surface area contributed by atoms with E-state index in [1.54, 1.807) is 11.0 Å². The third-order valence-electron chi connectivity index (χ3n) is 5.06. The number of hydrogen-bond donors (Lipinski definition) is 1. The zero-order valence-electron chi connectivity index (χ0n) is 16.1. The third kappa shape index (κ3) is 4.75. The molecule has 2 aliphatic heterocycles. The van der Waals surface area contributed by atoms with E-state index in [0.717, 1.165) is 32.4 Å². The molecule has 0 aromatic carbocycles. The Labute approximate surface area is 151 Å². The Balaban J connectivity index is 2.13. The van der Waals surface area contributed by atoms with E-state index >= 15 is 0 Å². The molecule has 6 heteroatoms. The molecule has 0 radical (unpaired) electrons. The first-order valence-electron chi connectivity index (χ1n) is 9.29. The van der Waals surface area contributed by atoms with E-state index in [-0.39, 0.29) is 11.9 Å². The van der Waals surface area contributed by atoms with Crippen LogP contribution in [0.15, 0.2) is 12.7 Å². The van der Waals surface area contributed by atoms with Gasteiger partial charge in [-0.25, -0.2) is 4.79 Å². The van der Waals surface area contributed by atoms with E-state index in [1.165, 1.54) is 0 Å². The smallest absolute Gasteiger partial charge is 0.411 e. The van der Waals surface area contributed by atoms with Crippen LogP contribution in [0.5, 0.6) is 0 Å². The monoisotopic (exact) mass is 351 g/mol. The number of nitrogens with zero attached hydrogens (tertiary/aromatic N) is 2. The molecule has 6 nitrogen and oxygen atoms in total. The van der Waals surface area contributed by atoms with Gasteiger partial charge in [-0.3, -0.25) is 9.69 Å². The summed E-state index contributed by atoms with van der Waals surface area (Å²) in [6.45, 7) is 11.8. The lowest BCUT2D eigenvalue weighted by Gasteiger charge is -2.39. The Morgan fingerprint density at radius 3 is 2.48 bits per heavy atom. The van der Waals surface area contributed by atoms with Crippen LogP contribution < -0.4 is 5.32 Å². The van der Waals surface area contributed by atoms with Crippen molar-refractivity contribution >= 4 is 12.0 Å². The molecule has 2 fully saturated rings. The van der Waals surface area contributed by atoms with Crippen LogP contribution in [0.4, 0.5) is 4.79 Å². The summed E-state index contributed by atoms with van der Waals surface area (Å²) in [5.74, 6) is -0.0645. The average Bonchev–Trinajstić information content (AvgIpc) is 2.93. The largest absolute Gasteiger partial charge is 0.444 e. The number of amides is 2. The topological polar surface area (TPSA) is 61.9 Å². The van der Waals surface area contributed by atoms with E-state index in [0.29, 0.717) is 19.4 Å². The van der Waals surface area contributed by atoms with Gasteiger partial charge in [0, 0.05) is 12.6 Å². The van der Waals surface area contributed by atoms with Gasteiger partial charge in [-0.15, -0.1) is 6.58 Å². The van der Waals surface area contributed by atoms with Crippen molar-refractivity contribution in [2.75, 3.05) is 26.7 Å². The van der Waals surface area contributed by atoms with Crippen LogP contribution in [-0.2, 0) is 9.53 Å². The Hall–Kier alpha value is -1.56. The maximum atomic E-state index is 13.2. The summed E-state index contributed by atoms with van der Waals surface area (Å²) >= 11 is 0. The number of piperidine rings is 1. The highest BCUT2D eigenvalue weighted by Crippen LogP contribution is 2.35. The second kappa shape index (κ2) is 7.77. The fourth-order valence-corrected chi connectivity index (χ4v) is 3.71. The lowest BCUT2D eigenvalue weighted by Crippen LogP contribution is -2.60. The highest BCUT2D eigenvalue weighted by Gasteiger charge is 2.50. The predicted molar refractivity (Wildman–Crippen MR) is 98.4 cm³/mol. The molecule has 1 N–H and O–H groups in total. The Bertz CT molecular complexity index is 507. The van der Waals surface area contributed by atoms with Gasteiger partial charge in [0.05, 0.1) is 0 Å². The molecule has 0 aromatic rings. The minimum absolute atomic E-state index is 0.0645. The summed E-state index contributed by atoms with van der Waals surface area (Å²) in [6.07, 6.45) is 5.11. The van der Waals surface area contributed by atoms with Gasteiger partial charge < -0.3 is 15.0 Å². The Morgan fingerprint density at radius 2 is 1.92 bits per heavy atom. The maximum Gasteiger partial charge on any atom is 0.411 e. The van der Waals surface area contributed by atoms with Crippen molar-refractivity contribution in [1.82, 2.24) is 15.1 Å². The molecule has 2 aliphatic rings. The SMILES string of the molecule is C=CC[C@@]1(C(=O)NC2CCN(C)CC2)CCCN1C(=O)OC(C)(C)C. The molecule has 0 aromatic heterocycles. The Kier molecular flexibility index (Phi) is 6.14. The molecule has 2 amide bonds.